The zero-order chi connectivity index (χ0) is 14.8. The number of fused-ring (bicyclic) bond motifs is 1. The van der Waals surface area contributed by atoms with Crippen LogP contribution in [0.25, 0.3) is 11.6 Å². The van der Waals surface area contributed by atoms with Gasteiger partial charge in [-0.2, -0.15) is 0 Å². The molecule has 1 aliphatic rings. The van der Waals surface area contributed by atoms with Crippen molar-refractivity contribution in [1.82, 2.24) is 14.9 Å². The molecule has 0 aromatic carbocycles. The van der Waals surface area contributed by atoms with Crippen molar-refractivity contribution in [1.29, 1.82) is 0 Å². The number of nitrogens with zero attached hydrogens (tertiary/aromatic N) is 2. The summed E-state index contributed by atoms with van der Waals surface area (Å²) >= 11 is 0. The maximum Gasteiger partial charge on any atom is 0.254 e. The van der Waals surface area contributed by atoms with Gasteiger partial charge in [0.2, 0.25) is 0 Å². The van der Waals surface area contributed by atoms with Crippen molar-refractivity contribution in [2.45, 2.75) is 33.2 Å². The summed E-state index contributed by atoms with van der Waals surface area (Å²) in [6.07, 6.45) is 3.53. The third kappa shape index (κ3) is 3.08. The minimum absolute atomic E-state index is 0.0325. The minimum Gasteiger partial charge on any atom is -0.461 e. The quantitative estimate of drug-likeness (QED) is 0.938. The standard InChI is InChI=1S/C16H21N3O2/c1-11(2)5-7-19-8-6-12-13(10-19)17-15(18-16(12)20)14-4-3-9-21-14/h3-4,9,11H,5-8,10H2,1-2H3,(H,17,18,20). The zero-order valence-electron chi connectivity index (χ0n) is 12.6. The molecule has 1 N–H and O–H groups in total. The fourth-order valence-corrected chi connectivity index (χ4v) is 2.66. The van der Waals surface area contributed by atoms with Gasteiger partial charge in [-0.15, -0.1) is 0 Å². The SMILES string of the molecule is CC(C)CCN1CCc2c(nc(-c3ccco3)[nH]c2=O)C1. The molecule has 1 aliphatic heterocycles. The van der Waals surface area contributed by atoms with E-state index in [1.807, 2.05) is 6.07 Å². The Morgan fingerprint density at radius 2 is 2.33 bits per heavy atom. The van der Waals surface area contributed by atoms with Crippen molar-refractivity contribution >= 4 is 0 Å². The molecule has 5 nitrogen and oxygen atoms in total. The average Bonchev–Trinajstić information content (AvgIpc) is 2.99. The van der Waals surface area contributed by atoms with Crippen LogP contribution in [-0.2, 0) is 13.0 Å². The molecule has 3 rings (SSSR count). The molecule has 0 amide bonds. The monoisotopic (exact) mass is 287 g/mol. The van der Waals surface area contributed by atoms with Gasteiger partial charge in [0.25, 0.3) is 5.56 Å². The fraction of sp³-hybridized carbons (Fsp3) is 0.500. The van der Waals surface area contributed by atoms with Gasteiger partial charge in [0.05, 0.1) is 12.0 Å². The van der Waals surface area contributed by atoms with Crippen molar-refractivity contribution in [2.24, 2.45) is 5.92 Å². The largest absolute Gasteiger partial charge is 0.461 e. The number of aromatic amines is 1. The number of hydrogen-bond acceptors (Lipinski definition) is 4. The van der Waals surface area contributed by atoms with E-state index in [0.29, 0.717) is 17.5 Å². The van der Waals surface area contributed by atoms with E-state index < -0.39 is 0 Å². The normalized spacial score (nSPS) is 15.4. The lowest BCUT2D eigenvalue weighted by Gasteiger charge is -2.28. The molecule has 0 bridgehead atoms. The Hall–Kier alpha value is -1.88. The van der Waals surface area contributed by atoms with Crippen LogP contribution in [0.3, 0.4) is 0 Å². The van der Waals surface area contributed by atoms with Crippen LogP contribution in [0.5, 0.6) is 0 Å². The number of H-pyrrole nitrogens is 1. The second-order valence-electron chi connectivity index (χ2n) is 6.03. The fourth-order valence-electron chi connectivity index (χ4n) is 2.66. The predicted molar refractivity (Wildman–Crippen MR) is 81.0 cm³/mol. The van der Waals surface area contributed by atoms with Crippen molar-refractivity contribution in [2.75, 3.05) is 13.1 Å². The van der Waals surface area contributed by atoms with Crippen molar-refractivity contribution in [3.63, 3.8) is 0 Å². The topological polar surface area (TPSA) is 62.1 Å². The molecule has 2 aromatic heterocycles. The molecule has 0 atom stereocenters. The summed E-state index contributed by atoms with van der Waals surface area (Å²) < 4.78 is 5.33. The van der Waals surface area contributed by atoms with Crippen LogP contribution in [0.4, 0.5) is 0 Å². The van der Waals surface area contributed by atoms with Gasteiger partial charge in [-0.05, 0) is 37.4 Å². The van der Waals surface area contributed by atoms with Gasteiger partial charge in [0.1, 0.15) is 0 Å². The van der Waals surface area contributed by atoms with Gasteiger partial charge in [-0.1, -0.05) is 13.8 Å². The molecule has 0 radical (unpaired) electrons. The Bertz CT molecular complexity index is 659. The molecule has 0 fully saturated rings. The highest BCUT2D eigenvalue weighted by Gasteiger charge is 2.21. The first-order valence-corrected chi connectivity index (χ1v) is 7.52. The maximum atomic E-state index is 12.2. The first kappa shape index (κ1) is 14.1. The number of furan rings is 1. The van der Waals surface area contributed by atoms with Crippen LogP contribution in [-0.4, -0.2) is 28.0 Å². The van der Waals surface area contributed by atoms with E-state index in [-0.39, 0.29) is 5.56 Å². The van der Waals surface area contributed by atoms with E-state index >= 15 is 0 Å². The van der Waals surface area contributed by atoms with Crippen LogP contribution in [0.2, 0.25) is 0 Å². The van der Waals surface area contributed by atoms with Crippen LogP contribution in [0.15, 0.2) is 27.6 Å². The molecule has 2 aromatic rings. The summed E-state index contributed by atoms with van der Waals surface area (Å²) in [5.41, 5.74) is 1.68. The highest BCUT2D eigenvalue weighted by molar-refractivity contribution is 5.46. The van der Waals surface area contributed by atoms with E-state index in [0.717, 1.165) is 37.3 Å². The first-order valence-electron chi connectivity index (χ1n) is 7.52. The van der Waals surface area contributed by atoms with Crippen LogP contribution < -0.4 is 5.56 Å². The Morgan fingerprint density at radius 3 is 3.05 bits per heavy atom. The van der Waals surface area contributed by atoms with Gasteiger partial charge in [-0.25, -0.2) is 4.98 Å². The zero-order valence-corrected chi connectivity index (χ0v) is 12.6. The van der Waals surface area contributed by atoms with E-state index in [4.69, 9.17) is 4.42 Å². The molecule has 5 heteroatoms. The Kier molecular flexibility index (Phi) is 3.92. The van der Waals surface area contributed by atoms with Gasteiger partial charge < -0.3 is 9.40 Å². The van der Waals surface area contributed by atoms with Crippen molar-refractivity contribution in [3.8, 4) is 11.6 Å². The molecule has 0 aliphatic carbocycles. The lowest BCUT2D eigenvalue weighted by molar-refractivity contribution is 0.235. The molecule has 0 saturated carbocycles. The molecule has 112 valence electrons. The van der Waals surface area contributed by atoms with Gasteiger partial charge in [-0.3, -0.25) is 9.69 Å². The second kappa shape index (κ2) is 5.85. The third-order valence-corrected chi connectivity index (χ3v) is 3.93. The summed E-state index contributed by atoms with van der Waals surface area (Å²) in [5.74, 6) is 1.82. The summed E-state index contributed by atoms with van der Waals surface area (Å²) in [7, 11) is 0. The van der Waals surface area contributed by atoms with Gasteiger partial charge >= 0.3 is 0 Å². The van der Waals surface area contributed by atoms with E-state index in [1.54, 1.807) is 12.3 Å². The number of rotatable bonds is 4. The predicted octanol–water partition coefficient (Wildman–Crippen LogP) is 2.43. The van der Waals surface area contributed by atoms with E-state index in [9.17, 15) is 4.79 Å². The minimum atomic E-state index is -0.0325. The summed E-state index contributed by atoms with van der Waals surface area (Å²) in [5, 5.41) is 0. The smallest absolute Gasteiger partial charge is 0.254 e. The second-order valence-corrected chi connectivity index (χ2v) is 6.03. The highest BCUT2D eigenvalue weighted by atomic mass is 16.3. The molecule has 0 spiro atoms. The average molecular weight is 287 g/mol. The van der Waals surface area contributed by atoms with Crippen LogP contribution >= 0.6 is 0 Å². The van der Waals surface area contributed by atoms with Crippen LogP contribution in [0.1, 0.15) is 31.5 Å². The first-order chi connectivity index (χ1) is 10.1. The summed E-state index contributed by atoms with van der Waals surface area (Å²) in [6, 6.07) is 3.60. The molecular weight excluding hydrogens is 266 g/mol. The van der Waals surface area contributed by atoms with Crippen molar-refractivity contribution in [3.05, 3.63) is 40.0 Å². The maximum absolute atomic E-state index is 12.2. The Morgan fingerprint density at radius 1 is 1.48 bits per heavy atom. The van der Waals surface area contributed by atoms with Gasteiger partial charge in [0.15, 0.2) is 11.6 Å². The molecule has 21 heavy (non-hydrogen) atoms. The number of aromatic nitrogens is 2. The van der Waals surface area contributed by atoms with E-state index in [1.165, 1.54) is 6.42 Å². The highest BCUT2D eigenvalue weighted by Crippen LogP contribution is 2.19. The van der Waals surface area contributed by atoms with E-state index in [2.05, 4.69) is 28.7 Å². The summed E-state index contributed by atoms with van der Waals surface area (Å²) in [6.45, 7) is 7.21. The molecular formula is C16H21N3O2. The lowest BCUT2D eigenvalue weighted by Crippen LogP contribution is -2.36. The van der Waals surface area contributed by atoms with Crippen molar-refractivity contribution < 1.29 is 4.42 Å². The molecule has 3 heterocycles. The van der Waals surface area contributed by atoms with Gasteiger partial charge in [0, 0.05) is 18.7 Å². The van der Waals surface area contributed by atoms with Crippen LogP contribution in [0, 0.1) is 5.92 Å². The molecule has 0 saturated heterocycles. The number of nitrogens with one attached hydrogen (secondary N) is 1. The number of hydrogen-bond donors (Lipinski definition) is 1. The molecule has 0 unspecified atom stereocenters. The Balaban J connectivity index is 1.85. The third-order valence-electron chi connectivity index (χ3n) is 3.93. The Labute approximate surface area is 124 Å². The lowest BCUT2D eigenvalue weighted by atomic mass is 10.0. The summed E-state index contributed by atoms with van der Waals surface area (Å²) in [4.78, 5) is 22.0.